The van der Waals surface area contributed by atoms with Gasteiger partial charge in [-0.1, -0.05) is 0 Å². The molecule has 5 nitrogen and oxygen atoms in total. The van der Waals surface area contributed by atoms with Gasteiger partial charge in [0, 0.05) is 31.8 Å². The second-order valence-corrected chi connectivity index (χ2v) is 2.83. The molecule has 5 heteroatoms. The number of rotatable bonds is 3. The van der Waals surface area contributed by atoms with Crippen LogP contribution in [0.25, 0.3) is 0 Å². The molecule has 0 aliphatic heterocycles. The van der Waals surface area contributed by atoms with Gasteiger partial charge < -0.3 is 9.47 Å². The molecule has 0 N–H and O–H groups in total. The molecule has 1 heterocycles. The van der Waals surface area contributed by atoms with Gasteiger partial charge in [0.15, 0.2) is 0 Å². The van der Waals surface area contributed by atoms with E-state index in [0.717, 1.165) is 0 Å². The van der Waals surface area contributed by atoms with Crippen LogP contribution >= 0.6 is 0 Å². The summed E-state index contributed by atoms with van der Waals surface area (Å²) in [6, 6.07) is 3.22. The molecule has 0 bridgehead atoms. The van der Waals surface area contributed by atoms with Crippen LogP contribution in [-0.4, -0.2) is 16.9 Å². The highest BCUT2D eigenvalue weighted by atomic mass is 16.7. The summed E-state index contributed by atoms with van der Waals surface area (Å²) in [6.07, 6.45) is 2.05. The molecule has 0 radical (unpaired) electrons. The summed E-state index contributed by atoms with van der Waals surface area (Å²) in [4.78, 5) is 25.4. The van der Waals surface area contributed by atoms with Gasteiger partial charge in [-0.05, 0) is 12.1 Å². The van der Waals surface area contributed by atoms with E-state index in [1.165, 1.54) is 26.2 Å². The lowest BCUT2D eigenvalue weighted by molar-refractivity contribution is -0.186. The van der Waals surface area contributed by atoms with E-state index in [0.29, 0.717) is 5.56 Å². The molecular weight excluding hydrogens is 198 g/mol. The minimum absolute atomic E-state index is 0.516. The number of nitrogens with zero attached hydrogens (tertiary/aromatic N) is 1. The Morgan fingerprint density at radius 1 is 1.13 bits per heavy atom. The van der Waals surface area contributed by atoms with Crippen LogP contribution in [0, 0.1) is 0 Å². The van der Waals surface area contributed by atoms with Crippen molar-refractivity contribution in [1.29, 1.82) is 0 Å². The minimum atomic E-state index is -0.997. The average molecular weight is 209 g/mol. The van der Waals surface area contributed by atoms with E-state index in [1.807, 2.05) is 0 Å². The molecule has 1 aromatic rings. The van der Waals surface area contributed by atoms with E-state index in [1.54, 1.807) is 12.1 Å². The average Bonchev–Trinajstić information content (AvgIpc) is 2.17. The third kappa shape index (κ3) is 3.76. The monoisotopic (exact) mass is 209 g/mol. The topological polar surface area (TPSA) is 65.5 Å². The van der Waals surface area contributed by atoms with Crippen molar-refractivity contribution >= 4 is 11.9 Å². The Morgan fingerprint density at radius 2 is 1.60 bits per heavy atom. The fourth-order valence-electron chi connectivity index (χ4n) is 0.982. The van der Waals surface area contributed by atoms with Crippen molar-refractivity contribution in [2.75, 3.05) is 0 Å². The van der Waals surface area contributed by atoms with Gasteiger partial charge in [-0.25, -0.2) is 0 Å². The van der Waals surface area contributed by atoms with E-state index in [9.17, 15) is 9.59 Å². The van der Waals surface area contributed by atoms with Gasteiger partial charge >= 0.3 is 11.9 Å². The van der Waals surface area contributed by atoms with Crippen LogP contribution in [0.5, 0.6) is 0 Å². The van der Waals surface area contributed by atoms with Crippen LogP contribution in [0.1, 0.15) is 25.7 Å². The second kappa shape index (κ2) is 5.09. The second-order valence-electron chi connectivity index (χ2n) is 2.83. The van der Waals surface area contributed by atoms with E-state index >= 15 is 0 Å². The van der Waals surface area contributed by atoms with Crippen LogP contribution in [0.15, 0.2) is 24.5 Å². The molecule has 0 saturated carbocycles. The third-order valence-corrected chi connectivity index (χ3v) is 1.52. The maximum absolute atomic E-state index is 10.8. The number of aromatic nitrogens is 1. The summed E-state index contributed by atoms with van der Waals surface area (Å²) in [6.45, 7) is 2.50. The Kier molecular flexibility index (Phi) is 3.79. The molecule has 0 aliphatic rings. The summed E-state index contributed by atoms with van der Waals surface area (Å²) in [5.41, 5.74) is 0.565. The van der Waals surface area contributed by atoms with Crippen LogP contribution in [0.3, 0.4) is 0 Å². The molecule has 0 amide bonds. The first-order chi connectivity index (χ1) is 7.09. The zero-order chi connectivity index (χ0) is 11.3. The quantitative estimate of drug-likeness (QED) is 0.553. The Labute approximate surface area is 87.0 Å². The predicted octanol–water partition coefficient (Wildman–Crippen LogP) is 1.21. The highest BCUT2D eigenvalue weighted by molar-refractivity contribution is 5.68. The van der Waals surface area contributed by atoms with Crippen LogP contribution in [0.4, 0.5) is 0 Å². The van der Waals surface area contributed by atoms with Gasteiger partial charge in [0.25, 0.3) is 6.29 Å². The van der Waals surface area contributed by atoms with E-state index in [-0.39, 0.29) is 0 Å². The fourth-order valence-corrected chi connectivity index (χ4v) is 0.982. The van der Waals surface area contributed by atoms with Crippen molar-refractivity contribution in [3.63, 3.8) is 0 Å². The van der Waals surface area contributed by atoms with Gasteiger partial charge in [0.05, 0.1) is 0 Å². The number of ether oxygens (including phenoxy) is 2. The SMILES string of the molecule is CC(=O)OC(OC(C)=O)c1ccncc1. The highest BCUT2D eigenvalue weighted by Crippen LogP contribution is 2.18. The number of carbonyl (C=O) groups excluding carboxylic acids is 2. The highest BCUT2D eigenvalue weighted by Gasteiger charge is 2.17. The first kappa shape index (κ1) is 11.2. The van der Waals surface area contributed by atoms with Gasteiger partial charge in [-0.15, -0.1) is 0 Å². The lowest BCUT2D eigenvalue weighted by Gasteiger charge is -2.16. The molecule has 0 spiro atoms. The molecule has 0 aliphatic carbocycles. The van der Waals surface area contributed by atoms with Crippen molar-refractivity contribution < 1.29 is 19.1 Å². The Morgan fingerprint density at radius 3 is 2.00 bits per heavy atom. The van der Waals surface area contributed by atoms with Gasteiger partial charge in [-0.2, -0.15) is 0 Å². The molecule has 0 fully saturated rings. The van der Waals surface area contributed by atoms with E-state index in [4.69, 9.17) is 9.47 Å². The number of carbonyl (C=O) groups is 2. The molecular formula is C10H11NO4. The summed E-state index contributed by atoms with van der Waals surface area (Å²) in [7, 11) is 0. The fraction of sp³-hybridized carbons (Fsp3) is 0.300. The zero-order valence-corrected chi connectivity index (χ0v) is 8.47. The molecule has 0 saturated heterocycles. The number of esters is 2. The van der Waals surface area contributed by atoms with E-state index in [2.05, 4.69) is 4.98 Å². The maximum atomic E-state index is 10.8. The van der Waals surface area contributed by atoms with E-state index < -0.39 is 18.2 Å². The number of pyridine rings is 1. The smallest absolute Gasteiger partial charge is 0.305 e. The first-order valence-electron chi connectivity index (χ1n) is 4.34. The van der Waals surface area contributed by atoms with Gasteiger partial charge in [-0.3, -0.25) is 14.6 Å². The predicted molar refractivity (Wildman–Crippen MR) is 50.5 cm³/mol. The Balaban J connectivity index is 2.81. The van der Waals surface area contributed by atoms with Crippen LogP contribution < -0.4 is 0 Å². The van der Waals surface area contributed by atoms with Crippen molar-refractivity contribution in [2.45, 2.75) is 20.1 Å². The number of hydrogen-bond acceptors (Lipinski definition) is 5. The van der Waals surface area contributed by atoms with Crippen molar-refractivity contribution in [3.8, 4) is 0 Å². The largest absolute Gasteiger partial charge is 0.421 e. The van der Waals surface area contributed by atoms with Crippen molar-refractivity contribution in [2.24, 2.45) is 0 Å². The summed E-state index contributed by atoms with van der Waals surface area (Å²) < 4.78 is 9.67. The lowest BCUT2D eigenvalue weighted by Crippen LogP contribution is -2.14. The molecule has 15 heavy (non-hydrogen) atoms. The summed E-state index contributed by atoms with van der Waals surface area (Å²) >= 11 is 0. The Bertz CT molecular complexity index is 334. The molecule has 80 valence electrons. The van der Waals surface area contributed by atoms with Gasteiger partial charge in [0.2, 0.25) is 0 Å². The first-order valence-corrected chi connectivity index (χ1v) is 4.34. The zero-order valence-electron chi connectivity index (χ0n) is 8.47. The molecule has 0 unspecified atom stereocenters. The third-order valence-electron chi connectivity index (χ3n) is 1.52. The van der Waals surface area contributed by atoms with Crippen LogP contribution in [0.2, 0.25) is 0 Å². The lowest BCUT2D eigenvalue weighted by atomic mass is 10.2. The molecule has 1 aromatic heterocycles. The minimum Gasteiger partial charge on any atom is -0.421 e. The van der Waals surface area contributed by atoms with Gasteiger partial charge in [0.1, 0.15) is 0 Å². The number of hydrogen-bond donors (Lipinski definition) is 0. The standard InChI is InChI=1S/C10H11NO4/c1-7(12)14-10(15-8(2)13)9-3-5-11-6-4-9/h3-6,10H,1-2H3. The van der Waals surface area contributed by atoms with Crippen molar-refractivity contribution in [3.05, 3.63) is 30.1 Å². The Hall–Kier alpha value is -1.91. The maximum Gasteiger partial charge on any atom is 0.305 e. The summed E-state index contributed by atoms with van der Waals surface area (Å²) in [5.74, 6) is -1.03. The molecule has 1 rings (SSSR count). The summed E-state index contributed by atoms with van der Waals surface area (Å²) in [5, 5.41) is 0. The van der Waals surface area contributed by atoms with Crippen LogP contribution in [-0.2, 0) is 19.1 Å². The van der Waals surface area contributed by atoms with Crippen molar-refractivity contribution in [1.82, 2.24) is 4.98 Å². The normalized spacial score (nSPS) is 9.80. The molecule has 0 atom stereocenters. The molecule has 0 aromatic carbocycles.